The molecular weight excluding hydrogens is 248 g/mol. The first-order valence-corrected chi connectivity index (χ1v) is 7.74. The number of thioether (sulfide) groups is 1. The van der Waals surface area contributed by atoms with E-state index in [9.17, 15) is 4.79 Å². The van der Waals surface area contributed by atoms with Crippen molar-refractivity contribution in [3.05, 3.63) is 23.7 Å². The molecule has 0 aromatic carbocycles. The van der Waals surface area contributed by atoms with E-state index in [4.69, 9.17) is 4.42 Å². The van der Waals surface area contributed by atoms with Crippen LogP contribution in [0.4, 0.5) is 0 Å². The van der Waals surface area contributed by atoms with Crippen LogP contribution >= 0.6 is 11.8 Å². The summed E-state index contributed by atoms with van der Waals surface area (Å²) >= 11 is 1.75. The van der Waals surface area contributed by atoms with Gasteiger partial charge in [-0.25, -0.2) is 0 Å². The second-order valence-electron chi connectivity index (χ2n) is 4.54. The number of hydrogen-bond donors (Lipinski definition) is 2. The van der Waals surface area contributed by atoms with Gasteiger partial charge in [0.05, 0.1) is 12.3 Å². The highest BCUT2D eigenvalue weighted by Gasteiger charge is 2.28. The Bertz CT molecular complexity index is 388. The Kier molecular flexibility index (Phi) is 5.13. The number of furan rings is 1. The molecule has 1 aromatic rings. The molecule has 1 saturated carbocycles. The molecule has 18 heavy (non-hydrogen) atoms. The highest BCUT2D eigenvalue weighted by atomic mass is 32.2. The Hall–Kier alpha value is -0.940. The van der Waals surface area contributed by atoms with E-state index < -0.39 is 0 Å². The minimum atomic E-state index is 0.206. The van der Waals surface area contributed by atoms with Gasteiger partial charge in [0.15, 0.2) is 0 Å². The van der Waals surface area contributed by atoms with E-state index in [-0.39, 0.29) is 5.91 Å². The van der Waals surface area contributed by atoms with Crippen molar-refractivity contribution in [2.75, 3.05) is 19.3 Å². The van der Waals surface area contributed by atoms with E-state index >= 15 is 0 Å². The fourth-order valence-electron chi connectivity index (χ4n) is 1.71. The predicted octanol–water partition coefficient (Wildman–Crippen LogP) is 1.76. The van der Waals surface area contributed by atoms with Gasteiger partial charge in [-0.05, 0) is 31.2 Å². The van der Waals surface area contributed by atoms with Crippen molar-refractivity contribution in [2.45, 2.75) is 25.1 Å². The van der Waals surface area contributed by atoms with Crippen LogP contribution in [-0.4, -0.2) is 25.3 Å². The predicted molar refractivity (Wildman–Crippen MR) is 73.4 cm³/mol. The van der Waals surface area contributed by atoms with Crippen LogP contribution < -0.4 is 10.6 Å². The third kappa shape index (κ3) is 4.38. The van der Waals surface area contributed by atoms with Gasteiger partial charge < -0.3 is 15.1 Å². The maximum Gasteiger partial charge on any atom is 0.223 e. The summed E-state index contributed by atoms with van der Waals surface area (Å²) in [7, 11) is 0. The highest BCUT2D eigenvalue weighted by molar-refractivity contribution is 7.97. The smallest absolute Gasteiger partial charge is 0.223 e. The number of nitrogens with one attached hydrogen (secondary N) is 2. The minimum absolute atomic E-state index is 0.206. The van der Waals surface area contributed by atoms with Gasteiger partial charge in [0.1, 0.15) is 11.5 Å². The minimum Gasteiger partial charge on any atom is -0.464 e. The Morgan fingerprint density at radius 1 is 1.39 bits per heavy atom. The van der Waals surface area contributed by atoms with Crippen LogP contribution in [0.5, 0.6) is 0 Å². The summed E-state index contributed by atoms with van der Waals surface area (Å²) in [6, 6.07) is 4.02. The second-order valence-corrected chi connectivity index (χ2v) is 5.41. The van der Waals surface area contributed by atoms with Gasteiger partial charge in [-0.1, -0.05) is 0 Å². The van der Waals surface area contributed by atoms with E-state index in [0.717, 1.165) is 36.7 Å². The van der Waals surface area contributed by atoms with Crippen LogP contribution in [0.2, 0.25) is 0 Å². The monoisotopic (exact) mass is 268 g/mol. The molecule has 0 bridgehead atoms. The van der Waals surface area contributed by atoms with E-state index in [1.54, 1.807) is 11.8 Å². The lowest BCUT2D eigenvalue weighted by Gasteiger charge is -2.05. The van der Waals surface area contributed by atoms with Crippen molar-refractivity contribution in [2.24, 2.45) is 5.92 Å². The quantitative estimate of drug-likeness (QED) is 0.705. The normalized spacial score (nSPS) is 14.7. The Morgan fingerprint density at radius 2 is 2.17 bits per heavy atom. The summed E-state index contributed by atoms with van der Waals surface area (Å²) in [5.41, 5.74) is 0. The van der Waals surface area contributed by atoms with Gasteiger partial charge >= 0.3 is 0 Å². The lowest BCUT2D eigenvalue weighted by atomic mass is 10.4. The molecule has 2 N–H and O–H groups in total. The topological polar surface area (TPSA) is 54.3 Å². The largest absolute Gasteiger partial charge is 0.464 e. The fourth-order valence-corrected chi connectivity index (χ4v) is 2.15. The molecule has 4 nitrogen and oxygen atoms in total. The van der Waals surface area contributed by atoms with Crippen LogP contribution in [0.3, 0.4) is 0 Å². The third-order valence-electron chi connectivity index (χ3n) is 2.85. The van der Waals surface area contributed by atoms with Crippen molar-refractivity contribution < 1.29 is 9.21 Å². The molecule has 1 heterocycles. The Labute approximate surface area is 112 Å². The van der Waals surface area contributed by atoms with E-state index in [0.29, 0.717) is 19.0 Å². The standard InChI is InChI=1S/C13H20N2O2S/c1-18-9-12-5-4-11(17-12)8-14-6-7-15-13(16)10-2-3-10/h4-5,10,14H,2-3,6-9H2,1H3,(H,15,16). The van der Waals surface area contributed by atoms with Crippen LogP contribution in [0.1, 0.15) is 24.4 Å². The highest BCUT2D eigenvalue weighted by Crippen LogP contribution is 2.28. The Balaban J connectivity index is 1.55. The first kappa shape index (κ1) is 13.5. The molecule has 0 aliphatic heterocycles. The zero-order valence-electron chi connectivity index (χ0n) is 10.7. The van der Waals surface area contributed by atoms with Crippen LogP contribution in [0.25, 0.3) is 0 Å². The molecule has 1 amide bonds. The molecule has 0 spiro atoms. The maximum absolute atomic E-state index is 11.4. The zero-order valence-corrected chi connectivity index (χ0v) is 11.5. The van der Waals surface area contributed by atoms with Crippen molar-refractivity contribution in [3.8, 4) is 0 Å². The average Bonchev–Trinajstić information content (AvgIpc) is 3.12. The molecule has 1 aliphatic rings. The van der Waals surface area contributed by atoms with Crippen molar-refractivity contribution in [1.29, 1.82) is 0 Å². The van der Waals surface area contributed by atoms with E-state index in [1.807, 2.05) is 12.1 Å². The average molecular weight is 268 g/mol. The van der Waals surface area contributed by atoms with E-state index in [1.165, 1.54) is 0 Å². The van der Waals surface area contributed by atoms with Gasteiger partial charge in [-0.15, -0.1) is 0 Å². The molecule has 1 fully saturated rings. The van der Waals surface area contributed by atoms with Crippen LogP contribution in [0, 0.1) is 5.92 Å². The van der Waals surface area contributed by atoms with Gasteiger partial charge in [-0.2, -0.15) is 11.8 Å². The fraction of sp³-hybridized carbons (Fsp3) is 0.615. The first-order chi connectivity index (χ1) is 8.79. The summed E-state index contributed by atoms with van der Waals surface area (Å²) in [5, 5.41) is 6.18. The summed E-state index contributed by atoms with van der Waals surface area (Å²) in [6.45, 7) is 2.18. The molecule has 2 rings (SSSR count). The zero-order chi connectivity index (χ0) is 12.8. The number of rotatable bonds is 8. The number of amides is 1. The molecule has 0 radical (unpaired) electrons. The molecule has 1 aromatic heterocycles. The number of hydrogen-bond acceptors (Lipinski definition) is 4. The SMILES string of the molecule is CSCc1ccc(CNCCNC(=O)C2CC2)o1. The van der Waals surface area contributed by atoms with Crippen LogP contribution in [0.15, 0.2) is 16.5 Å². The van der Waals surface area contributed by atoms with E-state index in [2.05, 4.69) is 16.9 Å². The first-order valence-electron chi connectivity index (χ1n) is 6.34. The molecule has 0 atom stereocenters. The number of carbonyl (C=O) groups excluding carboxylic acids is 1. The van der Waals surface area contributed by atoms with Crippen molar-refractivity contribution in [1.82, 2.24) is 10.6 Å². The lowest BCUT2D eigenvalue weighted by Crippen LogP contribution is -2.32. The Morgan fingerprint density at radius 3 is 2.89 bits per heavy atom. The maximum atomic E-state index is 11.4. The van der Waals surface area contributed by atoms with Gasteiger partial charge in [0.2, 0.25) is 5.91 Å². The van der Waals surface area contributed by atoms with Gasteiger partial charge in [0.25, 0.3) is 0 Å². The summed E-state index contributed by atoms with van der Waals surface area (Å²) < 4.78 is 5.63. The van der Waals surface area contributed by atoms with Gasteiger partial charge in [0, 0.05) is 19.0 Å². The second kappa shape index (κ2) is 6.85. The summed E-state index contributed by atoms with van der Waals surface area (Å²) in [6.07, 6.45) is 4.18. The number of carbonyl (C=O) groups is 1. The molecule has 0 saturated heterocycles. The van der Waals surface area contributed by atoms with Gasteiger partial charge in [-0.3, -0.25) is 4.79 Å². The molecular formula is C13H20N2O2S. The molecule has 1 aliphatic carbocycles. The summed E-state index contributed by atoms with van der Waals surface area (Å²) in [5.74, 6) is 3.38. The molecule has 100 valence electrons. The molecule has 5 heteroatoms. The van der Waals surface area contributed by atoms with Crippen molar-refractivity contribution >= 4 is 17.7 Å². The van der Waals surface area contributed by atoms with Crippen LogP contribution in [-0.2, 0) is 17.1 Å². The van der Waals surface area contributed by atoms with Crippen molar-refractivity contribution in [3.63, 3.8) is 0 Å². The lowest BCUT2D eigenvalue weighted by molar-refractivity contribution is -0.122. The third-order valence-corrected chi connectivity index (χ3v) is 3.43. The summed E-state index contributed by atoms with van der Waals surface area (Å²) in [4.78, 5) is 11.4. The molecule has 0 unspecified atom stereocenters.